The third-order valence-corrected chi connectivity index (χ3v) is 13.0. The first-order chi connectivity index (χ1) is 33.0. The minimum Gasteiger partial charge on any atom is -0.390 e. The second-order valence-corrected chi connectivity index (χ2v) is 22.2. The number of carbonyl (C=O) groups excluding carboxylic acids is 3. The van der Waals surface area contributed by atoms with Crippen LogP contribution in [0.25, 0.3) is 33.5 Å². The van der Waals surface area contributed by atoms with E-state index in [4.69, 9.17) is 11.6 Å². The van der Waals surface area contributed by atoms with E-state index >= 15 is 0 Å². The maximum Gasteiger partial charge on any atom is 0.229 e. The molecular weight excluding hydrogens is 928 g/mol. The summed E-state index contributed by atoms with van der Waals surface area (Å²) >= 11 is 6.00. The number of anilines is 3. The smallest absolute Gasteiger partial charge is 0.229 e. The van der Waals surface area contributed by atoms with Crippen LogP contribution in [0.3, 0.4) is 0 Å². The van der Waals surface area contributed by atoms with E-state index in [1.54, 1.807) is 65.8 Å². The summed E-state index contributed by atoms with van der Waals surface area (Å²) in [6.07, 6.45) is 7.67. The van der Waals surface area contributed by atoms with Crippen LogP contribution in [0.4, 0.5) is 17.8 Å². The summed E-state index contributed by atoms with van der Waals surface area (Å²) in [6.45, 7) is 21.5. The number of nitrogens with zero attached hydrogens (tertiary/aromatic N) is 9. The van der Waals surface area contributed by atoms with Crippen molar-refractivity contribution in [2.45, 2.75) is 194 Å². The molecule has 0 spiro atoms. The standard InChI is InChI=1S/C18H28N4O3.C17H24N4O2.C16H21ClN4O2/c1-16(2,3)22-14-11(8-9-12(20-14)18(6,7)25)19-15(22)21-13(23)10-17(4,5)24;1-4-17(3,23)10-14(22)20-16-19-13-9-8-11(2)18-15(13)21(16)12-6-5-7-12;1-3-16(2,23)9-13(22)20-15-18-11-7-8-12(17)19-14(11)21(15)10-5-4-6-10/h8-9,24-25H,10H2,1-7H3,(H,19,21,23);8-9,12,23H,4-7,10H2,1-3H3,(H,19,20,22);7-8,10,23H,3-6,9H2,1-2H3,(H,18,20,22). The van der Waals surface area contributed by atoms with E-state index < -0.39 is 27.9 Å². The predicted molar refractivity (Wildman–Crippen MR) is 276 cm³/mol. The zero-order valence-corrected chi connectivity index (χ0v) is 44.1. The van der Waals surface area contributed by atoms with Crippen molar-refractivity contribution < 1.29 is 34.8 Å². The van der Waals surface area contributed by atoms with E-state index in [0.29, 0.717) is 69.9 Å². The fourth-order valence-electron chi connectivity index (χ4n) is 8.04. The van der Waals surface area contributed by atoms with Crippen molar-refractivity contribution in [3.8, 4) is 0 Å². The van der Waals surface area contributed by atoms with Gasteiger partial charge in [-0.3, -0.25) is 44.0 Å². The lowest BCUT2D eigenvalue weighted by molar-refractivity contribution is -0.121. The first-order valence-electron chi connectivity index (χ1n) is 24.6. The van der Waals surface area contributed by atoms with E-state index in [0.717, 1.165) is 49.0 Å². The first-order valence-corrected chi connectivity index (χ1v) is 24.9. The molecule has 0 aromatic carbocycles. The van der Waals surface area contributed by atoms with E-state index in [1.807, 2.05) is 67.4 Å². The molecule has 0 bridgehead atoms. The number of rotatable bonds is 14. The Bertz CT molecular complexity index is 2750. The molecule has 6 aromatic heterocycles. The summed E-state index contributed by atoms with van der Waals surface area (Å²) in [6, 6.07) is 11.5. The van der Waals surface area contributed by atoms with E-state index in [1.165, 1.54) is 6.42 Å². The van der Waals surface area contributed by atoms with Crippen LogP contribution < -0.4 is 16.0 Å². The monoisotopic (exact) mass is 1000 g/mol. The largest absolute Gasteiger partial charge is 0.390 e. The lowest BCUT2D eigenvalue weighted by Gasteiger charge is -2.28. The second-order valence-electron chi connectivity index (χ2n) is 21.8. The molecular formula is C51H73ClN12O7. The number of hydrogen-bond donors (Lipinski definition) is 7. The van der Waals surface area contributed by atoms with Crippen molar-refractivity contribution in [2.24, 2.45) is 0 Å². The van der Waals surface area contributed by atoms with E-state index in [9.17, 15) is 34.8 Å². The van der Waals surface area contributed by atoms with Gasteiger partial charge in [0.15, 0.2) is 16.9 Å². The zero-order chi connectivity index (χ0) is 52.4. The average molecular weight is 1000 g/mol. The third kappa shape index (κ3) is 13.9. The molecule has 20 heteroatoms. The highest BCUT2D eigenvalue weighted by atomic mass is 35.5. The first kappa shape index (κ1) is 54.7. The zero-order valence-electron chi connectivity index (χ0n) is 43.3. The van der Waals surface area contributed by atoms with Crippen LogP contribution in [0.2, 0.25) is 5.15 Å². The fourth-order valence-corrected chi connectivity index (χ4v) is 8.18. The molecule has 386 valence electrons. The summed E-state index contributed by atoms with van der Waals surface area (Å²) in [4.78, 5) is 63.8. The van der Waals surface area contributed by atoms with Crippen molar-refractivity contribution in [1.82, 2.24) is 43.6 Å². The molecule has 2 atom stereocenters. The number of aryl methyl sites for hydroxylation is 1. The number of hydrogen-bond acceptors (Lipinski definition) is 13. The highest BCUT2D eigenvalue weighted by molar-refractivity contribution is 6.29. The number of imidazole rings is 3. The maximum absolute atomic E-state index is 12.3. The Morgan fingerprint density at radius 1 is 0.577 bits per heavy atom. The Morgan fingerprint density at radius 3 is 1.44 bits per heavy atom. The lowest BCUT2D eigenvalue weighted by Crippen LogP contribution is -2.31. The van der Waals surface area contributed by atoms with Gasteiger partial charge in [0.05, 0.1) is 41.8 Å². The summed E-state index contributed by atoms with van der Waals surface area (Å²) in [7, 11) is 0. The lowest BCUT2D eigenvalue weighted by atomic mass is 9.93. The van der Waals surface area contributed by atoms with E-state index in [2.05, 4.69) is 45.9 Å². The number of halogens is 1. The van der Waals surface area contributed by atoms with Crippen LogP contribution in [-0.2, 0) is 25.5 Å². The fraction of sp³-hybridized carbons (Fsp3) is 0.588. The van der Waals surface area contributed by atoms with Gasteiger partial charge in [0.25, 0.3) is 0 Å². The number of aromatic nitrogens is 9. The molecule has 71 heavy (non-hydrogen) atoms. The Morgan fingerprint density at radius 2 is 1.00 bits per heavy atom. The molecule has 2 aliphatic rings. The molecule has 7 N–H and O–H groups in total. The SMILES string of the molecule is CC(C)(O)CC(=O)Nc1nc2ccc(C(C)(C)O)nc2n1C(C)(C)C.CCC(C)(O)CC(=O)Nc1nc2ccc(C)nc2n1C1CCC1.CCC(C)(O)CC(=O)Nc1nc2ccc(Cl)nc2n1C1CCC1. The quantitative estimate of drug-likeness (QED) is 0.0504. The number of carbonyl (C=O) groups is 3. The molecule has 2 saturated carbocycles. The van der Waals surface area contributed by atoms with Crippen molar-refractivity contribution in [3.05, 3.63) is 52.9 Å². The Labute approximate surface area is 420 Å². The number of pyridine rings is 3. The van der Waals surface area contributed by atoms with Crippen molar-refractivity contribution in [3.63, 3.8) is 0 Å². The van der Waals surface area contributed by atoms with Crippen LogP contribution in [0.5, 0.6) is 0 Å². The molecule has 19 nitrogen and oxygen atoms in total. The molecule has 2 fully saturated rings. The Hall–Kier alpha value is -5.60. The minimum atomic E-state index is -1.10. The van der Waals surface area contributed by atoms with Crippen molar-refractivity contribution in [2.75, 3.05) is 16.0 Å². The topological polar surface area (TPSA) is 260 Å². The van der Waals surface area contributed by atoms with Crippen LogP contribution in [-0.4, -0.2) is 98.6 Å². The molecule has 2 aliphatic carbocycles. The Kier molecular flexibility index (Phi) is 16.4. The van der Waals surface area contributed by atoms with E-state index in [-0.39, 0.29) is 43.0 Å². The molecule has 0 aliphatic heterocycles. The molecule has 0 radical (unpaired) electrons. The third-order valence-electron chi connectivity index (χ3n) is 12.8. The predicted octanol–water partition coefficient (Wildman–Crippen LogP) is 8.77. The van der Waals surface area contributed by atoms with Gasteiger partial charge in [-0.15, -0.1) is 0 Å². The number of fused-ring (bicyclic) bond motifs is 3. The summed E-state index contributed by atoms with van der Waals surface area (Å²) in [5.41, 5.74) is 1.12. The second kappa shape index (κ2) is 21.2. The normalized spacial score (nSPS) is 16.2. The van der Waals surface area contributed by atoms with Crippen LogP contribution in [0, 0.1) is 6.92 Å². The molecule has 6 heterocycles. The van der Waals surface area contributed by atoms with Gasteiger partial charge in [0.2, 0.25) is 35.6 Å². The molecule has 2 unspecified atom stereocenters. The van der Waals surface area contributed by atoms with Crippen LogP contribution >= 0.6 is 11.6 Å². The van der Waals surface area contributed by atoms with Gasteiger partial charge in [0.1, 0.15) is 27.3 Å². The molecule has 3 amide bonds. The Balaban J connectivity index is 0.000000174. The maximum atomic E-state index is 12.3. The van der Waals surface area contributed by atoms with Gasteiger partial charge >= 0.3 is 0 Å². The molecule has 8 rings (SSSR count). The summed E-state index contributed by atoms with van der Waals surface area (Å²) in [5, 5.41) is 49.1. The van der Waals surface area contributed by atoms with Crippen molar-refractivity contribution >= 4 is 80.7 Å². The summed E-state index contributed by atoms with van der Waals surface area (Å²) in [5.74, 6) is 0.604. The summed E-state index contributed by atoms with van der Waals surface area (Å²) < 4.78 is 5.84. The van der Waals surface area contributed by atoms with Gasteiger partial charge in [-0.2, -0.15) is 0 Å². The average Bonchev–Trinajstić information content (AvgIpc) is 3.85. The number of nitrogens with one attached hydrogen (secondary N) is 3. The van der Waals surface area contributed by atoms with Crippen molar-refractivity contribution in [1.29, 1.82) is 0 Å². The van der Waals surface area contributed by atoms with Gasteiger partial charge in [-0.05, 0) is 157 Å². The highest BCUT2D eigenvalue weighted by Crippen LogP contribution is 2.38. The van der Waals surface area contributed by atoms with Gasteiger partial charge in [-0.25, -0.2) is 29.9 Å². The molecule has 6 aromatic rings. The van der Waals surface area contributed by atoms with Gasteiger partial charge in [0, 0.05) is 23.3 Å². The number of aliphatic hydroxyl groups is 4. The van der Waals surface area contributed by atoms with Gasteiger partial charge in [-0.1, -0.05) is 25.4 Å². The van der Waals surface area contributed by atoms with Crippen LogP contribution in [0.15, 0.2) is 36.4 Å². The number of amides is 3. The molecule has 0 saturated heterocycles. The van der Waals surface area contributed by atoms with Gasteiger partial charge < -0.3 is 20.4 Å². The van der Waals surface area contributed by atoms with Crippen LogP contribution in [0.1, 0.15) is 170 Å². The highest BCUT2D eigenvalue weighted by Gasteiger charge is 2.31. The minimum absolute atomic E-state index is 0.0333.